The van der Waals surface area contributed by atoms with Gasteiger partial charge in [0.15, 0.2) is 0 Å². The molecule has 1 atom stereocenters. The lowest BCUT2D eigenvalue weighted by atomic mass is 10.1. The maximum absolute atomic E-state index is 11.9. The minimum Gasteiger partial charge on any atom is -0.378 e. The summed E-state index contributed by atoms with van der Waals surface area (Å²) in [4.78, 5) is 25.5. The second kappa shape index (κ2) is 9.96. The topological polar surface area (TPSA) is 113 Å². The summed E-state index contributed by atoms with van der Waals surface area (Å²) in [5.41, 5.74) is 10.1. The first-order valence-corrected chi connectivity index (χ1v) is 12.2. The highest BCUT2D eigenvalue weighted by Crippen LogP contribution is 2.27. The molecule has 4 aromatic rings. The summed E-state index contributed by atoms with van der Waals surface area (Å²) >= 11 is 0. The fourth-order valence-corrected chi connectivity index (χ4v) is 4.85. The Morgan fingerprint density at radius 2 is 1.92 bits per heavy atom. The van der Waals surface area contributed by atoms with Gasteiger partial charge in [-0.05, 0) is 49.2 Å². The Bertz CT molecular complexity index is 1390. The van der Waals surface area contributed by atoms with Crippen LogP contribution >= 0.6 is 0 Å². The number of fused-ring (bicyclic) bond motifs is 1. The van der Waals surface area contributed by atoms with Gasteiger partial charge < -0.3 is 25.6 Å². The Morgan fingerprint density at radius 1 is 1.14 bits per heavy atom. The van der Waals surface area contributed by atoms with E-state index in [4.69, 9.17) is 5.73 Å². The number of aromatic nitrogens is 3. The molecule has 2 aromatic heterocycles. The largest absolute Gasteiger partial charge is 0.378 e. The highest BCUT2D eigenvalue weighted by atomic mass is 16.3. The van der Waals surface area contributed by atoms with Crippen LogP contribution in [0.1, 0.15) is 29.3 Å². The van der Waals surface area contributed by atoms with E-state index in [2.05, 4.69) is 44.1 Å². The van der Waals surface area contributed by atoms with E-state index < -0.39 is 5.91 Å². The van der Waals surface area contributed by atoms with Crippen LogP contribution in [0.5, 0.6) is 0 Å². The molecule has 0 saturated carbocycles. The number of carbonyl (C=O) groups excluding carboxylic acids is 1. The van der Waals surface area contributed by atoms with Crippen LogP contribution in [0.2, 0.25) is 0 Å². The summed E-state index contributed by atoms with van der Waals surface area (Å²) < 4.78 is 1.85. The zero-order valence-electron chi connectivity index (χ0n) is 20.6. The Morgan fingerprint density at radius 3 is 2.64 bits per heavy atom. The van der Waals surface area contributed by atoms with Gasteiger partial charge in [0.1, 0.15) is 12.0 Å². The summed E-state index contributed by atoms with van der Waals surface area (Å²) in [6.45, 7) is 7.57. The van der Waals surface area contributed by atoms with Gasteiger partial charge in [-0.25, -0.2) is 4.98 Å². The number of nitrogens with one attached hydrogen (secondary N) is 1. The van der Waals surface area contributed by atoms with Crippen LogP contribution in [-0.2, 0) is 0 Å². The Balaban J connectivity index is 1.35. The monoisotopic (exact) mass is 485 g/mol. The van der Waals surface area contributed by atoms with Crippen molar-refractivity contribution < 1.29 is 9.90 Å². The van der Waals surface area contributed by atoms with E-state index in [1.165, 1.54) is 5.69 Å². The summed E-state index contributed by atoms with van der Waals surface area (Å²) in [5, 5.41) is 14.2. The number of aliphatic hydroxyl groups excluding tert-OH is 1. The van der Waals surface area contributed by atoms with Crippen molar-refractivity contribution in [3.8, 4) is 5.82 Å². The smallest absolute Gasteiger partial charge is 0.250 e. The van der Waals surface area contributed by atoms with E-state index in [1.54, 1.807) is 18.5 Å². The predicted molar refractivity (Wildman–Crippen MR) is 142 cm³/mol. The first-order valence-electron chi connectivity index (χ1n) is 12.2. The van der Waals surface area contributed by atoms with Gasteiger partial charge in [-0.3, -0.25) is 9.69 Å². The number of hydrogen-bond donors (Lipinski definition) is 3. The molecule has 5 rings (SSSR count). The molecular formula is C27H31N7O2. The van der Waals surface area contributed by atoms with E-state index in [1.807, 2.05) is 41.8 Å². The number of amides is 1. The third kappa shape index (κ3) is 4.62. The van der Waals surface area contributed by atoms with Crippen LogP contribution in [0, 0.1) is 6.92 Å². The van der Waals surface area contributed by atoms with Gasteiger partial charge in [-0.15, -0.1) is 0 Å². The minimum atomic E-state index is -0.476. The standard InChI is InChI=1S/C27H31N7O2/c1-3-25(35)33-14-12-32(13-15-33)22-9-8-19(16-18(22)2)30-27-29-11-10-24(31-27)34-17-21(26(28)36)20-6-4-5-7-23(20)34/h4-11,16-17,25,35H,3,12-15H2,1-2H3,(H2,28,36)(H,29,30,31). The molecule has 0 spiro atoms. The van der Waals surface area contributed by atoms with Crippen LogP contribution in [0.25, 0.3) is 16.7 Å². The van der Waals surface area contributed by atoms with Crippen LogP contribution < -0.4 is 16.0 Å². The van der Waals surface area contributed by atoms with Crippen LogP contribution in [-0.4, -0.2) is 62.9 Å². The molecule has 1 aliphatic heterocycles. The van der Waals surface area contributed by atoms with Crippen molar-refractivity contribution in [3.63, 3.8) is 0 Å². The fourth-order valence-electron chi connectivity index (χ4n) is 4.85. The number of para-hydroxylation sites is 1. The number of aryl methyl sites for hydroxylation is 1. The number of anilines is 3. The van der Waals surface area contributed by atoms with Crippen LogP contribution in [0.4, 0.5) is 17.3 Å². The molecule has 1 aliphatic rings. The van der Waals surface area contributed by atoms with Crippen molar-refractivity contribution in [2.24, 2.45) is 5.73 Å². The zero-order chi connectivity index (χ0) is 25.2. The number of primary amides is 1. The summed E-state index contributed by atoms with van der Waals surface area (Å²) in [5.74, 6) is 0.618. The number of piperazine rings is 1. The summed E-state index contributed by atoms with van der Waals surface area (Å²) in [7, 11) is 0. The Hall–Kier alpha value is -3.95. The van der Waals surface area contributed by atoms with E-state index in [0.717, 1.165) is 54.8 Å². The first kappa shape index (κ1) is 23.8. The van der Waals surface area contributed by atoms with Gasteiger partial charge in [-0.1, -0.05) is 25.1 Å². The minimum absolute atomic E-state index is 0.359. The molecule has 36 heavy (non-hydrogen) atoms. The van der Waals surface area contributed by atoms with E-state index >= 15 is 0 Å². The van der Waals surface area contributed by atoms with Gasteiger partial charge in [0.2, 0.25) is 5.95 Å². The lowest BCUT2D eigenvalue weighted by molar-refractivity contribution is -0.00192. The molecular weight excluding hydrogens is 454 g/mol. The number of carbonyl (C=O) groups is 1. The molecule has 1 amide bonds. The van der Waals surface area contributed by atoms with Crippen molar-refractivity contribution in [2.45, 2.75) is 26.5 Å². The average Bonchev–Trinajstić information content (AvgIpc) is 3.29. The Kier molecular flexibility index (Phi) is 6.58. The third-order valence-electron chi connectivity index (χ3n) is 6.76. The fraction of sp³-hybridized carbons (Fsp3) is 0.296. The van der Waals surface area contributed by atoms with Gasteiger partial charge in [0, 0.05) is 55.3 Å². The lowest BCUT2D eigenvalue weighted by Crippen LogP contribution is -2.50. The normalized spacial score (nSPS) is 15.2. The number of aliphatic hydroxyl groups is 1. The van der Waals surface area contributed by atoms with Crippen LogP contribution in [0.3, 0.4) is 0 Å². The molecule has 1 unspecified atom stereocenters. The molecule has 3 heterocycles. The highest BCUT2D eigenvalue weighted by Gasteiger charge is 2.22. The number of nitrogens with two attached hydrogens (primary N) is 1. The highest BCUT2D eigenvalue weighted by molar-refractivity contribution is 6.06. The van der Waals surface area contributed by atoms with Gasteiger partial charge in [-0.2, -0.15) is 4.98 Å². The molecule has 0 aliphatic carbocycles. The predicted octanol–water partition coefficient (Wildman–Crippen LogP) is 3.42. The van der Waals surface area contributed by atoms with Crippen molar-refractivity contribution in [1.29, 1.82) is 0 Å². The zero-order valence-corrected chi connectivity index (χ0v) is 20.6. The van der Waals surface area contributed by atoms with Gasteiger partial charge >= 0.3 is 0 Å². The van der Waals surface area contributed by atoms with E-state index in [9.17, 15) is 9.90 Å². The van der Waals surface area contributed by atoms with Crippen molar-refractivity contribution in [3.05, 3.63) is 72.1 Å². The molecule has 186 valence electrons. The van der Waals surface area contributed by atoms with E-state index in [0.29, 0.717) is 17.3 Å². The molecule has 9 heteroatoms. The maximum Gasteiger partial charge on any atom is 0.250 e. The van der Waals surface area contributed by atoms with Crippen molar-refractivity contribution in [2.75, 3.05) is 36.4 Å². The molecule has 1 saturated heterocycles. The number of hydrogen-bond acceptors (Lipinski definition) is 7. The Labute approximate surface area is 210 Å². The molecule has 1 fully saturated rings. The van der Waals surface area contributed by atoms with E-state index in [-0.39, 0.29) is 6.23 Å². The third-order valence-corrected chi connectivity index (χ3v) is 6.76. The number of rotatable bonds is 7. The number of benzene rings is 2. The first-order chi connectivity index (χ1) is 17.4. The molecule has 2 aromatic carbocycles. The molecule has 9 nitrogen and oxygen atoms in total. The maximum atomic E-state index is 11.9. The summed E-state index contributed by atoms with van der Waals surface area (Å²) in [6, 6.07) is 15.6. The average molecular weight is 486 g/mol. The second-order valence-corrected chi connectivity index (χ2v) is 9.07. The summed E-state index contributed by atoms with van der Waals surface area (Å²) in [6.07, 6.45) is 3.80. The van der Waals surface area contributed by atoms with Crippen LogP contribution in [0.15, 0.2) is 60.9 Å². The second-order valence-electron chi connectivity index (χ2n) is 9.07. The lowest BCUT2D eigenvalue weighted by Gasteiger charge is -2.38. The van der Waals surface area contributed by atoms with Crippen molar-refractivity contribution >= 4 is 34.1 Å². The quantitative estimate of drug-likeness (QED) is 0.368. The SMILES string of the molecule is CCC(O)N1CCN(c2ccc(Nc3nccc(-n4cc(C(N)=O)c5ccccc54)n3)cc2C)CC1. The van der Waals surface area contributed by atoms with Gasteiger partial charge in [0.05, 0.1) is 11.1 Å². The van der Waals surface area contributed by atoms with Gasteiger partial charge in [0.25, 0.3) is 5.91 Å². The molecule has 4 N–H and O–H groups in total. The molecule has 0 bridgehead atoms. The van der Waals surface area contributed by atoms with Crippen molar-refractivity contribution in [1.82, 2.24) is 19.4 Å². The number of nitrogens with zero attached hydrogens (tertiary/aromatic N) is 5. The molecule has 0 radical (unpaired) electrons.